The Morgan fingerprint density at radius 3 is 2.31 bits per heavy atom. The van der Waals surface area contributed by atoms with Gasteiger partial charge in [0.25, 0.3) is 0 Å². The van der Waals surface area contributed by atoms with Crippen LogP contribution in [0.2, 0.25) is 0 Å². The van der Waals surface area contributed by atoms with Gasteiger partial charge in [0, 0.05) is 24.9 Å². The minimum Gasteiger partial charge on any atom is -0.493 e. The van der Waals surface area contributed by atoms with Gasteiger partial charge in [-0.05, 0) is 19.2 Å². The molecule has 1 aromatic rings. The molecule has 140 valence electrons. The number of methoxy groups -OCH3 is 2. The Morgan fingerprint density at radius 2 is 1.85 bits per heavy atom. The summed E-state index contributed by atoms with van der Waals surface area (Å²) in [5.41, 5.74) is 6.22. The van der Waals surface area contributed by atoms with Crippen LogP contribution < -0.4 is 20.1 Å². The van der Waals surface area contributed by atoms with Crippen molar-refractivity contribution in [1.82, 2.24) is 4.90 Å². The lowest BCUT2D eigenvalue weighted by Crippen LogP contribution is -2.47. The predicted molar refractivity (Wildman–Crippen MR) is 94.5 cm³/mol. The topological polar surface area (TPSA) is 80.4 Å². The van der Waals surface area contributed by atoms with Gasteiger partial charge in [0.2, 0.25) is 0 Å². The lowest BCUT2D eigenvalue weighted by atomic mass is 10.1. The van der Waals surface area contributed by atoms with Gasteiger partial charge in [0.05, 0.1) is 20.8 Å². The standard InChI is InChI=1S/C17H20F2N4O3/c1-9-8-23(17(24)22(3)10(9)6-13(20)21-2)16-14(18)11(25-4)7-12(26-5)15(16)19/h6-7H,2,8,20H2,1,3-5H3/b13-6-. The summed E-state index contributed by atoms with van der Waals surface area (Å²) in [4.78, 5) is 18.5. The molecule has 0 aromatic heterocycles. The summed E-state index contributed by atoms with van der Waals surface area (Å²) < 4.78 is 39.3. The van der Waals surface area contributed by atoms with Gasteiger partial charge < -0.3 is 15.2 Å². The molecular formula is C17H20F2N4O3. The number of allylic oxidation sites excluding steroid dienone is 1. The second-order valence-corrected chi connectivity index (χ2v) is 5.58. The van der Waals surface area contributed by atoms with Gasteiger partial charge in [-0.25, -0.2) is 18.6 Å². The molecule has 0 fully saturated rings. The Morgan fingerprint density at radius 1 is 1.31 bits per heavy atom. The Bertz CT molecular complexity index is 792. The number of carbonyl (C=O) groups is 1. The van der Waals surface area contributed by atoms with Crippen LogP contribution in [-0.4, -0.2) is 45.5 Å². The van der Waals surface area contributed by atoms with E-state index in [1.165, 1.54) is 32.2 Å². The number of carbonyl (C=O) groups excluding carboxylic acids is 1. The number of aliphatic imine (C=N–C) groups is 1. The van der Waals surface area contributed by atoms with Crippen LogP contribution in [0.15, 0.2) is 34.2 Å². The van der Waals surface area contributed by atoms with Crippen LogP contribution in [0.25, 0.3) is 0 Å². The van der Waals surface area contributed by atoms with Crippen molar-refractivity contribution in [3.63, 3.8) is 0 Å². The van der Waals surface area contributed by atoms with Crippen molar-refractivity contribution >= 4 is 18.4 Å². The number of urea groups is 1. The normalized spacial score (nSPS) is 15.5. The molecule has 0 spiro atoms. The number of hydrogen-bond acceptors (Lipinski definition) is 5. The van der Waals surface area contributed by atoms with Crippen LogP contribution in [-0.2, 0) is 0 Å². The third-order valence-electron chi connectivity index (χ3n) is 4.00. The van der Waals surface area contributed by atoms with Crippen LogP contribution >= 0.6 is 0 Å². The number of nitrogens with zero attached hydrogens (tertiary/aromatic N) is 3. The van der Waals surface area contributed by atoms with E-state index in [1.807, 2.05) is 0 Å². The van der Waals surface area contributed by atoms with E-state index in [9.17, 15) is 13.6 Å². The van der Waals surface area contributed by atoms with Crippen LogP contribution in [0.5, 0.6) is 11.5 Å². The Kier molecular flexibility index (Phi) is 5.49. The Labute approximate surface area is 150 Å². The molecule has 0 saturated heterocycles. The third kappa shape index (κ3) is 3.19. The number of hydrogen-bond donors (Lipinski definition) is 1. The number of anilines is 1. The number of benzene rings is 1. The fraction of sp³-hybridized carbons (Fsp3) is 0.294. The van der Waals surface area contributed by atoms with Crippen molar-refractivity contribution in [2.24, 2.45) is 10.7 Å². The molecule has 0 aliphatic carbocycles. The van der Waals surface area contributed by atoms with E-state index >= 15 is 0 Å². The lowest BCUT2D eigenvalue weighted by Gasteiger charge is -2.35. The lowest BCUT2D eigenvalue weighted by molar-refractivity contribution is 0.223. The fourth-order valence-corrected chi connectivity index (χ4v) is 2.65. The van der Waals surface area contributed by atoms with Gasteiger partial charge in [-0.1, -0.05) is 0 Å². The van der Waals surface area contributed by atoms with Gasteiger partial charge in [-0.2, -0.15) is 0 Å². The third-order valence-corrected chi connectivity index (χ3v) is 4.00. The second kappa shape index (κ2) is 7.42. The minimum atomic E-state index is -0.994. The molecule has 0 bridgehead atoms. The highest BCUT2D eigenvalue weighted by Crippen LogP contribution is 2.39. The zero-order valence-corrected chi connectivity index (χ0v) is 15.0. The maximum Gasteiger partial charge on any atom is 0.329 e. The molecule has 2 amide bonds. The highest BCUT2D eigenvalue weighted by atomic mass is 19.1. The van der Waals surface area contributed by atoms with Gasteiger partial charge in [0.15, 0.2) is 23.1 Å². The van der Waals surface area contributed by atoms with Crippen molar-refractivity contribution in [1.29, 1.82) is 0 Å². The van der Waals surface area contributed by atoms with Crippen LogP contribution in [0.1, 0.15) is 6.92 Å². The Balaban J connectivity index is 2.62. The number of ether oxygens (including phenoxy) is 2. The van der Waals surface area contributed by atoms with E-state index in [0.717, 1.165) is 11.0 Å². The number of nitrogens with two attached hydrogens (primary N) is 1. The molecule has 0 radical (unpaired) electrons. The van der Waals surface area contributed by atoms with E-state index in [1.54, 1.807) is 6.92 Å². The molecule has 0 atom stereocenters. The second-order valence-electron chi connectivity index (χ2n) is 5.58. The van der Waals surface area contributed by atoms with Crippen molar-refractivity contribution in [3.05, 3.63) is 40.9 Å². The first-order valence-electron chi connectivity index (χ1n) is 7.55. The SMILES string of the molecule is C=N/C(N)=C\C1=C(C)CN(c2c(F)c(OC)cc(OC)c2F)C(=O)N1C. The number of rotatable bonds is 5. The highest BCUT2D eigenvalue weighted by Gasteiger charge is 2.34. The first-order chi connectivity index (χ1) is 12.3. The number of likely N-dealkylation sites (N-methyl/N-ethyl adjacent to an activating group) is 1. The van der Waals surface area contributed by atoms with Gasteiger partial charge in [-0.3, -0.25) is 9.80 Å². The summed E-state index contributed by atoms with van der Waals surface area (Å²) >= 11 is 0. The molecule has 0 saturated carbocycles. The summed E-state index contributed by atoms with van der Waals surface area (Å²) in [6.45, 7) is 4.97. The first-order valence-corrected chi connectivity index (χ1v) is 7.55. The molecule has 7 nitrogen and oxygen atoms in total. The largest absolute Gasteiger partial charge is 0.493 e. The molecule has 9 heteroatoms. The van der Waals surface area contributed by atoms with Crippen LogP contribution in [0, 0.1) is 11.6 Å². The van der Waals surface area contributed by atoms with E-state index in [-0.39, 0.29) is 23.9 Å². The van der Waals surface area contributed by atoms with Crippen molar-refractivity contribution in [3.8, 4) is 11.5 Å². The zero-order chi connectivity index (χ0) is 19.6. The molecular weight excluding hydrogens is 346 g/mol. The maximum atomic E-state index is 14.7. The molecule has 0 unspecified atom stereocenters. The van der Waals surface area contributed by atoms with Gasteiger partial charge in [-0.15, -0.1) is 0 Å². The predicted octanol–water partition coefficient (Wildman–Crippen LogP) is 2.63. The molecule has 26 heavy (non-hydrogen) atoms. The summed E-state index contributed by atoms with van der Waals surface area (Å²) in [7, 11) is 3.94. The van der Waals surface area contributed by atoms with Crippen molar-refractivity contribution < 1.29 is 23.0 Å². The average Bonchev–Trinajstić information content (AvgIpc) is 2.62. The quantitative estimate of drug-likeness (QED) is 0.813. The van der Waals surface area contributed by atoms with Gasteiger partial charge >= 0.3 is 6.03 Å². The number of halogens is 2. The van der Waals surface area contributed by atoms with E-state index in [2.05, 4.69) is 11.7 Å². The number of amides is 2. The zero-order valence-electron chi connectivity index (χ0n) is 15.0. The maximum absolute atomic E-state index is 14.7. The summed E-state index contributed by atoms with van der Waals surface area (Å²) in [5.74, 6) is -2.34. The van der Waals surface area contributed by atoms with Crippen LogP contribution in [0.4, 0.5) is 19.3 Å². The molecule has 2 rings (SSSR count). The smallest absolute Gasteiger partial charge is 0.329 e. The Hall–Kier alpha value is -3.10. The molecule has 2 N–H and O–H groups in total. The molecule has 1 aliphatic heterocycles. The highest BCUT2D eigenvalue weighted by molar-refractivity contribution is 5.96. The van der Waals surface area contributed by atoms with E-state index in [4.69, 9.17) is 15.2 Å². The first kappa shape index (κ1) is 19.2. The van der Waals surface area contributed by atoms with Gasteiger partial charge in [0.1, 0.15) is 11.5 Å². The molecule has 1 heterocycles. The van der Waals surface area contributed by atoms with Crippen molar-refractivity contribution in [2.75, 3.05) is 32.7 Å². The molecule has 1 aromatic carbocycles. The minimum absolute atomic E-state index is 0.0520. The average molecular weight is 366 g/mol. The summed E-state index contributed by atoms with van der Waals surface area (Å²) in [5, 5.41) is 0. The van der Waals surface area contributed by atoms with E-state index < -0.39 is 23.4 Å². The van der Waals surface area contributed by atoms with Crippen LogP contribution in [0.3, 0.4) is 0 Å². The summed E-state index contributed by atoms with van der Waals surface area (Å²) in [6, 6.07) is 0.436. The van der Waals surface area contributed by atoms with Crippen molar-refractivity contribution in [2.45, 2.75) is 6.92 Å². The summed E-state index contributed by atoms with van der Waals surface area (Å²) in [6.07, 6.45) is 1.47. The van der Waals surface area contributed by atoms with E-state index in [0.29, 0.717) is 11.3 Å². The fourth-order valence-electron chi connectivity index (χ4n) is 2.65. The monoisotopic (exact) mass is 366 g/mol. The molecule has 1 aliphatic rings.